The summed E-state index contributed by atoms with van der Waals surface area (Å²) >= 11 is 1.57. The van der Waals surface area contributed by atoms with Crippen molar-refractivity contribution in [1.82, 2.24) is 5.16 Å². The molecule has 2 aromatic heterocycles. The van der Waals surface area contributed by atoms with Gasteiger partial charge in [0.25, 0.3) is 0 Å². The molecule has 6 heteroatoms. The van der Waals surface area contributed by atoms with Crippen molar-refractivity contribution in [3.8, 4) is 16.4 Å². The predicted octanol–water partition coefficient (Wildman–Crippen LogP) is 3.98. The number of thiophene rings is 1. The molecule has 0 aliphatic heterocycles. The molecule has 0 bridgehead atoms. The number of aromatic nitrogens is 1. The molecular formula is C17H16N2O3S. The van der Waals surface area contributed by atoms with Crippen LogP contribution in [0.1, 0.15) is 12.6 Å². The van der Waals surface area contributed by atoms with Gasteiger partial charge >= 0.3 is 0 Å². The van der Waals surface area contributed by atoms with Crippen molar-refractivity contribution in [2.75, 3.05) is 11.9 Å². The van der Waals surface area contributed by atoms with E-state index in [1.54, 1.807) is 17.4 Å². The number of nitrogens with zero attached hydrogens (tertiary/aromatic N) is 1. The molecule has 0 spiro atoms. The highest BCUT2D eigenvalue weighted by molar-refractivity contribution is 7.13. The molecule has 0 aliphatic rings. The maximum atomic E-state index is 12.1. The lowest BCUT2D eigenvalue weighted by atomic mass is 10.2. The maximum Gasteiger partial charge on any atom is 0.230 e. The van der Waals surface area contributed by atoms with Crippen molar-refractivity contribution in [2.45, 2.75) is 13.3 Å². The van der Waals surface area contributed by atoms with Gasteiger partial charge < -0.3 is 14.6 Å². The van der Waals surface area contributed by atoms with Crippen LogP contribution in [0.4, 0.5) is 5.69 Å². The van der Waals surface area contributed by atoms with Crippen molar-refractivity contribution in [1.29, 1.82) is 0 Å². The first kappa shape index (κ1) is 15.3. The van der Waals surface area contributed by atoms with Gasteiger partial charge in [0.15, 0.2) is 5.76 Å². The fraction of sp³-hybridized carbons (Fsp3) is 0.176. The van der Waals surface area contributed by atoms with E-state index >= 15 is 0 Å². The molecule has 2 heterocycles. The van der Waals surface area contributed by atoms with Crippen LogP contribution in [0.3, 0.4) is 0 Å². The topological polar surface area (TPSA) is 64.4 Å². The second-order valence-corrected chi connectivity index (χ2v) is 5.79. The van der Waals surface area contributed by atoms with Crippen LogP contribution in [-0.4, -0.2) is 17.7 Å². The third-order valence-corrected chi connectivity index (χ3v) is 4.00. The van der Waals surface area contributed by atoms with Gasteiger partial charge in [0, 0.05) is 11.8 Å². The van der Waals surface area contributed by atoms with Crippen LogP contribution in [0.2, 0.25) is 0 Å². The van der Waals surface area contributed by atoms with E-state index in [1.807, 2.05) is 48.7 Å². The molecule has 23 heavy (non-hydrogen) atoms. The molecule has 0 saturated heterocycles. The Morgan fingerprint density at radius 2 is 2.13 bits per heavy atom. The van der Waals surface area contributed by atoms with Crippen molar-refractivity contribution in [3.63, 3.8) is 0 Å². The maximum absolute atomic E-state index is 12.1. The Bertz CT molecular complexity index is 764. The number of carbonyl (C=O) groups excluding carboxylic acids is 1. The summed E-state index contributed by atoms with van der Waals surface area (Å²) in [5.74, 6) is 1.33. The van der Waals surface area contributed by atoms with Crippen molar-refractivity contribution in [2.24, 2.45) is 0 Å². The van der Waals surface area contributed by atoms with E-state index in [1.165, 1.54) is 0 Å². The lowest BCUT2D eigenvalue weighted by molar-refractivity contribution is -0.115. The lowest BCUT2D eigenvalue weighted by Gasteiger charge is -2.06. The Morgan fingerprint density at radius 3 is 2.83 bits per heavy atom. The van der Waals surface area contributed by atoms with Gasteiger partial charge in [-0.2, -0.15) is 0 Å². The van der Waals surface area contributed by atoms with Gasteiger partial charge in [-0.15, -0.1) is 11.3 Å². The van der Waals surface area contributed by atoms with Crippen molar-refractivity contribution in [3.05, 3.63) is 53.5 Å². The Morgan fingerprint density at radius 1 is 1.30 bits per heavy atom. The summed E-state index contributed by atoms with van der Waals surface area (Å²) in [7, 11) is 0. The Balaban J connectivity index is 1.59. The van der Waals surface area contributed by atoms with Crippen LogP contribution in [-0.2, 0) is 11.2 Å². The molecule has 3 rings (SSSR count). The largest absolute Gasteiger partial charge is 0.494 e. The number of ether oxygens (including phenoxy) is 1. The zero-order chi connectivity index (χ0) is 16.1. The molecule has 118 valence electrons. The Labute approximate surface area is 137 Å². The quantitative estimate of drug-likeness (QED) is 0.743. The smallest absolute Gasteiger partial charge is 0.230 e. The predicted molar refractivity (Wildman–Crippen MR) is 89.8 cm³/mol. The van der Waals surface area contributed by atoms with Gasteiger partial charge in [-0.05, 0) is 42.6 Å². The average molecular weight is 328 g/mol. The van der Waals surface area contributed by atoms with Crippen LogP contribution >= 0.6 is 11.3 Å². The zero-order valence-electron chi connectivity index (χ0n) is 12.6. The van der Waals surface area contributed by atoms with E-state index < -0.39 is 0 Å². The number of anilines is 1. The normalized spacial score (nSPS) is 10.5. The van der Waals surface area contributed by atoms with Crippen LogP contribution in [0.5, 0.6) is 5.75 Å². The minimum absolute atomic E-state index is 0.139. The fourth-order valence-corrected chi connectivity index (χ4v) is 2.77. The molecule has 0 radical (unpaired) electrons. The zero-order valence-corrected chi connectivity index (χ0v) is 13.4. The summed E-state index contributed by atoms with van der Waals surface area (Å²) in [6.45, 7) is 2.54. The van der Waals surface area contributed by atoms with E-state index in [-0.39, 0.29) is 12.3 Å². The molecule has 0 atom stereocenters. The monoisotopic (exact) mass is 328 g/mol. The minimum atomic E-state index is -0.139. The minimum Gasteiger partial charge on any atom is -0.494 e. The number of hydrogen-bond donors (Lipinski definition) is 1. The van der Waals surface area contributed by atoms with Crippen molar-refractivity contribution >= 4 is 22.9 Å². The fourth-order valence-electron chi connectivity index (χ4n) is 2.10. The first-order chi connectivity index (χ1) is 11.2. The third kappa shape index (κ3) is 3.98. The summed E-state index contributed by atoms with van der Waals surface area (Å²) < 4.78 is 10.6. The summed E-state index contributed by atoms with van der Waals surface area (Å²) in [6, 6.07) is 13.0. The number of amides is 1. The number of benzene rings is 1. The Kier molecular flexibility index (Phi) is 4.73. The second kappa shape index (κ2) is 7.11. The van der Waals surface area contributed by atoms with E-state index in [9.17, 15) is 4.79 Å². The van der Waals surface area contributed by atoms with Crippen molar-refractivity contribution < 1.29 is 14.1 Å². The molecule has 5 nitrogen and oxygen atoms in total. The van der Waals surface area contributed by atoms with Gasteiger partial charge in [-0.3, -0.25) is 4.79 Å². The summed E-state index contributed by atoms with van der Waals surface area (Å²) in [5.41, 5.74) is 1.33. The molecule has 0 unspecified atom stereocenters. The highest BCUT2D eigenvalue weighted by Gasteiger charge is 2.11. The SMILES string of the molecule is CCOc1ccc(NC(=O)Cc2cc(-c3cccs3)on2)cc1. The number of rotatable bonds is 6. The van der Waals surface area contributed by atoms with Crippen LogP contribution in [0.25, 0.3) is 10.6 Å². The van der Waals surface area contributed by atoms with Gasteiger partial charge in [0.1, 0.15) is 5.75 Å². The van der Waals surface area contributed by atoms with Gasteiger partial charge in [-0.1, -0.05) is 11.2 Å². The molecule has 0 aliphatic carbocycles. The summed E-state index contributed by atoms with van der Waals surface area (Å²) in [4.78, 5) is 13.1. The first-order valence-corrected chi connectivity index (χ1v) is 8.14. The molecule has 0 saturated carbocycles. The van der Waals surface area contributed by atoms with Crippen LogP contribution in [0.15, 0.2) is 52.4 Å². The van der Waals surface area contributed by atoms with Gasteiger partial charge in [-0.25, -0.2) is 0 Å². The molecule has 1 N–H and O–H groups in total. The summed E-state index contributed by atoms with van der Waals surface area (Å²) in [5, 5.41) is 8.74. The molecular weight excluding hydrogens is 312 g/mol. The summed E-state index contributed by atoms with van der Waals surface area (Å²) in [6.07, 6.45) is 0.169. The molecule has 3 aromatic rings. The lowest BCUT2D eigenvalue weighted by Crippen LogP contribution is -2.14. The van der Waals surface area contributed by atoms with E-state index in [0.29, 0.717) is 18.1 Å². The number of nitrogens with one attached hydrogen (secondary N) is 1. The van der Waals surface area contributed by atoms with Gasteiger partial charge in [0.05, 0.1) is 23.6 Å². The highest BCUT2D eigenvalue weighted by atomic mass is 32.1. The van der Waals surface area contributed by atoms with Crippen LogP contribution < -0.4 is 10.1 Å². The molecule has 1 amide bonds. The standard InChI is InChI=1S/C17H16N2O3S/c1-2-21-14-7-5-12(6-8-14)18-17(20)11-13-10-15(22-19-13)16-4-3-9-23-16/h3-10H,2,11H2,1H3,(H,18,20). The number of carbonyl (C=O) groups is 1. The second-order valence-electron chi connectivity index (χ2n) is 4.84. The van der Waals surface area contributed by atoms with E-state index in [2.05, 4.69) is 10.5 Å². The first-order valence-electron chi connectivity index (χ1n) is 7.27. The number of hydrogen-bond acceptors (Lipinski definition) is 5. The van der Waals surface area contributed by atoms with E-state index in [4.69, 9.17) is 9.26 Å². The highest BCUT2D eigenvalue weighted by Crippen LogP contribution is 2.25. The molecule has 1 aromatic carbocycles. The molecule has 0 fully saturated rings. The van der Waals surface area contributed by atoms with Gasteiger partial charge in [0.2, 0.25) is 5.91 Å². The van der Waals surface area contributed by atoms with E-state index in [0.717, 1.165) is 16.3 Å². The third-order valence-electron chi connectivity index (χ3n) is 3.11. The Hall–Kier alpha value is -2.60. The average Bonchev–Trinajstić information content (AvgIpc) is 3.20. The van der Waals surface area contributed by atoms with Crippen LogP contribution in [0, 0.1) is 0 Å².